The molecule has 2 saturated heterocycles. The molecule has 2 aliphatic heterocycles. The Morgan fingerprint density at radius 2 is 2.15 bits per heavy atom. The van der Waals surface area contributed by atoms with E-state index in [9.17, 15) is 9.18 Å². The minimum Gasteiger partial charge on any atom is -0.473 e. The summed E-state index contributed by atoms with van der Waals surface area (Å²) < 4.78 is 30.0. The number of carbonyl (C=O) groups is 1. The molecule has 26 heavy (non-hydrogen) atoms. The lowest BCUT2D eigenvalue weighted by Crippen LogP contribution is -2.44. The van der Waals surface area contributed by atoms with Crippen LogP contribution in [0, 0.1) is 5.82 Å². The standard InChI is InChI=1S/C17H19FN4O4/c18-14-9-12(1-2-15(14)21-6-4-19-5-7-21)22-13(11-25-17(22)23)10-24-16-3-8-26-20-16/h1-3,8-9,13,19H,4-7,10-11H2/t13-/m0/s1. The van der Waals surface area contributed by atoms with Crippen LogP contribution in [0.15, 0.2) is 35.1 Å². The molecule has 1 amide bonds. The summed E-state index contributed by atoms with van der Waals surface area (Å²) in [6, 6.07) is 6.01. The zero-order valence-corrected chi connectivity index (χ0v) is 14.1. The number of cyclic esters (lactones) is 1. The number of hydrogen-bond acceptors (Lipinski definition) is 7. The highest BCUT2D eigenvalue weighted by Gasteiger charge is 2.35. The van der Waals surface area contributed by atoms with Crippen LogP contribution >= 0.6 is 0 Å². The number of carbonyl (C=O) groups excluding carboxylic acids is 1. The van der Waals surface area contributed by atoms with Crippen molar-refractivity contribution >= 4 is 17.5 Å². The number of benzene rings is 1. The van der Waals surface area contributed by atoms with E-state index in [2.05, 4.69) is 10.5 Å². The first-order chi connectivity index (χ1) is 12.7. The minimum absolute atomic E-state index is 0.165. The predicted molar refractivity (Wildman–Crippen MR) is 91.1 cm³/mol. The van der Waals surface area contributed by atoms with Gasteiger partial charge in [-0.2, -0.15) is 0 Å². The summed E-state index contributed by atoms with van der Waals surface area (Å²) in [6.07, 6.45) is 0.876. The van der Waals surface area contributed by atoms with Gasteiger partial charge in [-0.05, 0) is 23.4 Å². The van der Waals surface area contributed by atoms with Crippen molar-refractivity contribution in [1.29, 1.82) is 0 Å². The Hall–Kier alpha value is -2.81. The Kier molecular flexibility index (Phi) is 4.61. The van der Waals surface area contributed by atoms with Gasteiger partial charge in [0.05, 0.1) is 11.4 Å². The van der Waals surface area contributed by atoms with E-state index in [1.54, 1.807) is 18.2 Å². The van der Waals surface area contributed by atoms with Crippen LogP contribution in [0.3, 0.4) is 0 Å². The first-order valence-electron chi connectivity index (χ1n) is 8.47. The number of piperazine rings is 1. The highest BCUT2D eigenvalue weighted by molar-refractivity contribution is 5.90. The van der Waals surface area contributed by atoms with Crippen LogP contribution in [0.1, 0.15) is 0 Å². The second kappa shape index (κ2) is 7.20. The van der Waals surface area contributed by atoms with Gasteiger partial charge in [-0.25, -0.2) is 9.18 Å². The van der Waals surface area contributed by atoms with Gasteiger partial charge in [0.1, 0.15) is 31.3 Å². The number of aromatic nitrogens is 1. The molecule has 0 bridgehead atoms. The van der Waals surface area contributed by atoms with E-state index in [0.29, 0.717) is 17.3 Å². The largest absolute Gasteiger partial charge is 0.473 e. The molecule has 138 valence electrons. The third kappa shape index (κ3) is 3.30. The minimum atomic E-state index is -0.520. The summed E-state index contributed by atoms with van der Waals surface area (Å²) >= 11 is 0. The molecule has 9 heteroatoms. The molecule has 8 nitrogen and oxygen atoms in total. The summed E-state index contributed by atoms with van der Waals surface area (Å²) in [5.74, 6) is -0.0372. The van der Waals surface area contributed by atoms with Crippen molar-refractivity contribution in [2.24, 2.45) is 0 Å². The van der Waals surface area contributed by atoms with Crippen molar-refractivity contribution in [3.8, 4) is 5.88 Å². The third-order valence-electron chi connectivity index (χ3n) is 4.47. The van der Waals surface area contributed by atoms with Crippen LogP contribution in [0.25, 0.3) is 0 Å². The maximum absolute atomic E-state index is 14.7. The van der Waals surface area contributed by atoms with Gasteiger partial charge in [-0.15, -0.1) is 0 Å². The molecule has 2 aliphatic rings. The van der Waals surface area contributed by atoms with Crippen LogP contribution in [-0.2, 0) is 4.74 Å². The maximum Gasteiger partial charge on any atom is 0.414 e. The Labute approximate surface area is 149 Å². The molecule has 0 saturated carbocycles. The number of anilines is 2. The summed E-state index contributed by atoms with van der Waals surface area (Å²) in [7, 11) is 0. The zero-order valence-electron chi connectivity index (χ0n) is 14.1. The van der Waals surface area contributed by atoms with Gasteiger partial charge >= 0.3 is 6.09 Å². The van der Waals surface area contributed by atoms with E-state index in [1.807, 2.05) is 4.90 Å². The number of halogens is 1. The molecular weight excluding hydrogens is 343 g/mol. The van der Waals surface area contributed by atoms with E-state index in [1.165, 1.54) is 17.2 Å². The van der Waals surface area contributed by atoms with Crippen molar-refractivity contribution in [1.82, 2.24) is 10.5 Å². The first kappa shape index (κ1) is 16.6. The highest BCUT2D eigenvalue weighted by atomic mass is 19.1. The number of nitrogens with zero attached hydrogens (tertiary/aromatic N) is 3. The van der Waals surface area contributed by atoms with E-state index in [-0.39, 0.29) is 25.1 Å². The molecular formula is C17H19FN4O4. The van der Waals surface area contributed by atoms with Crippen molar-refractivity contribution in [2.45, 2.75) is 6.04 Å². The van der Waals surface area contributed by atoms with Crippen LogP contribution in [-0.4, -0.2) is 56.7 Å². The van der Waals surface area contributed by atoms with Crippen LogP contribution in [0.5, 0.6) is 5.88 Å². The van der Waals surface area contributed by atoms with Gasteiger partial charge in [0, 0.05) is 32.2 Å². The van der Waals surface area contributed by atoms with E-state index < -0.39 is 6.09 Å². The molecule has 3 heterocycles. The second-order valence-electron chi connectivity index (χ2n) is 6.12. The Bertz CT molecular complexity index is 764. The predicted octanol–water partition coefficient (Wildman–Crippen LogP) is 1.63. The Morgan fingerprint density at radius 1 is 1.31 bits per heavy atom. The van der Waals surface area contributed by atoms with Crippen molar-refractivity contribution < 1.29 is 23.2 Å². The van der Waals surface area contributed by atoms with Gasteiger partial charge in [0.25, 0.3) is 5.88 Å². The normalized spacial score (nSPS) is 20.3. The van der Waals surface area contributed by atoms with E-state index in [0.717, 1.165) is 26.2 Å². The Morgan fingerprint density at radius 3 is 2.88 bits per heavy atom. The summed E-state index contributed by atoms with van der Waals surface area (Å²) in [4.78, 5) is 15.5. The van der Waals surface area contributed by atoms with Crippen molar-refractivity contribution in [3.05, 3.63) is 36.3 Å². The van der Waals surface area contributed by atoms with Crippen LogP contribution in [0.4, 0.5) is 20.6 Å². The van der Waals surface area contributed by atoms with Crippen molar-refractivity contribution in [2.75, 3.05) is 49.2 Å². The lowest BCUT2D eigenvalue weighted by molar-refractivity contribution is 0.174. The number of ether oxygens (including phenoxy) is 2. The Balaban J connectivity index is 1.50. The van der Waals surface area contributed by atoms with Gasteiger partial charge < -0.3 is 24.2 Å². The molecule has 1 N–H and O–H groups in total. The van der Waals surface area contributed by atoms with E-state index >= 15 is 0 Å². The lowest BCUT2D eigenvalue weighted by atomic mass is 10.2. The summed E-state index contributed by atoms with van der Waals surface area (Å²) in [6.45, 7) is 3.46. The number of rotatable bonds is 5. The zero-order chi connectivity index (χ0) is 17.9. The molecule has 0 aliphatic carbocycles. The molecule has 2 fully saturated rings. The van der Waals surface area contributed by atoms with Gasteiger partial charge in [-0.3, -0.25) is 4.90 Å². The number of amides is 1. The highest BCUT2D eigenvalue weighted by Crippen LogP contribution is 2.29. The average molecular weight is 362 g/mol. The molecule has 0 spiro atoms. The molecule has 1 aromatic carbocycles. The average Bonchev–Trinajstić information content (AvgIpc) is 3.30. The van der Waals surface area contributed by atoms with E-state index in [4.69, 9.17) is 14.0 Å². The van der Waals surface area contributed by atoms with Crippen LogP contribution < -0.4 is 19.9 Å². The smallest absolute Gasteiger partial charge is 0.414 e. The topological polar surface area (TPSA) is 80.1 Å². The van der Waals surface area contributed by atoms with Gasteiger partial charge in [0.2, 0.25) is 0 Å². The quantitative estimate of drug-likeness (QED) is 0.866. The number of hydrogen-bond donors (Lipinski definition) is 1. The lowest BCUT2D eigenvalue weighted by Gasteiger charge is -2.30. The first-order valence-corrected chi connectivity index (χ1v) is 8.47. The number of nitrogens with one attached hydrogen (secondary N) is 1. The molecule has 1 aromatic heterocycles. The van der Waals surface area contributed by atoms with Crippen LogP contribution in [0.2, 0.25) is 0 Å². The van der Waals surface area contributed by atoms with Gasteiger partial charge in [-0.1, -0.05) is 0 Å². The third-order valence-corrected chi connectivity index (χ3v) is 4.47. The molecule has 0 unspecified atom stereocenters. The molecule has 0 radical (unpaired) electrons. The monoisotopic (exact) mass is 362 g/mol. The fourth-order valence-electron chi connectivity index (χ4n) is 3.16. The fourth-order valence-corrected chi connectivity index (χ4v) is 3.16. The van der Waals surface area contributed by atoms with Crippen molar-refractivity contribution in [3.63, 3.8) is 0 Å². The summed E-state index contributed by atoms with van der Waals surface area (Å²) in [5.41, 5.74) is 0.982. The molecule has 4 rings (SSSR count). The maximum atomic E-state index is 14.7. The molecule has 1 atom stereocenters. The van der Waals surface area contributed by atoms with Gasteiger partial charge in [0.15, 0.2) is 0 Å². The SMILES string of the molecule is O=C1OC[C@H](COc2ccon2)N1c1ccc(N2CCNCC2)c(F)c1. The fraction of sp³-hybridized carbons (Fsp3) is 0.412. The molecule has 2 aromatic rings. The summed E-state index contributed by atoms with van der Waals surface area (Å²) in [5, 5.41) is 6.90. The second-order valence-corrected chi connectivity index (χ2v) is 6.12.